The lowest BCUT2D eigenvalue weighted by Gasteiger charge is -2.24. The van der Waals surface area contributed by atoms with Gasteiger partial charge in [-0.05, 0) is 37.8 Å². The van der Waals surface area contributed by atoms with Gasteiger partial charge in [0.1, 0.15) is 0 Å². The first-order valence-corrected chi connectivity index (χ1v) is 9.66. The van der Waals surface area contributed by atoms with E-state index in [9.17, 15) is 8.42 Å². The van der Waals surface area contributed by atoms with E-state index in [0.29, 0.717) is 6.54 Å². The predicted molar refractivity (Wildman–Crippen MR) is 87.5 cm³/mol. The Morgan fingerprint density at radius 1 is 1.00 bits per heavy atom. The van der Waals surface area contributed by atoms with E-state index < -0.39 is 10.0 Å². The molecule has 2 N–H and O–H groups in total. The molecule has 0 rings (SSSR count). The van der Waals surface area contributed by atoms with Crippen LogP contribution in [-0.4, -0.2) is 33.8 Å². The summed E-state index contributed by atoms with van der Waals surface area (Å²) in [4.78, 5) is 0. The van der Waals surface area contributed by atoms with Crippen molar-refractivity contribution in [3.05, 3.63) is 0 Å². The largest absolute Gasteiger partial charge is 0.317 e. The molecular weight excluding hydrogens is 272 g/mol. The second-order valence-corrected chi connectivity index (χ2v) is 8.25. The minimum atomic E-state index is -3.11. The highest BCUT2D eigenvalue weighted by Gasteiger charge is 2.20. The Bertz CT molecular complexity index is 327. The van der Waals surface area contributed by atoms with Crippen LogP contribution in [-0.2, 0) is 10.0 Å². The molecule has 4 nitrogen and oxygen atoms in total. The second-order valence-electron chi connectivity index (χ2n) is 6.32. The van der Waals surface area contributed by atoms with Crippen molar-refractivity contribution in [2.75, 3.05) is 25.4 Å². The maximum Gasteiger partial charge on any atom is 0.211 e. The highest BCUT2D eigenvalue weighted by Crippen LogP contribution is 2.22. The molecule has 0 aliphatic carbocycles. The molecular formula is C15H34N2O2S. The van der Waals surface area contributed by atoms with Crippen LogP contribution < -0.4 is 10.0 Å². The Labute approximate surface area is 126 Å². The van der Waals surface area contributed by atoms with Gasteiger partial charge >= 0.3 is 0 Å². The molecule has 20 heavy (non-hydrogen) atoms. The van der Waals surface area contributed by atoms with Crippen molar-refractivity contribution < 1.29 is 8.42 Å². The van der Waals surface area contributed by atoms with E-state index in [1.807, 2.05) is 0 Å². The molecule has 0 aliphatic heterocycles. The van der Waals surface area contributed by atoms with E-state index in [1.165, 1.54) is 19.3 Å². The average molecular weight is 307 g/mol. The van der Waals surface area contributed by atoms with Gasteiger partial charge in [-0.3, -0.25) is 0 Å². The molecule has 0 aliphatic rings. The van der Waals surface area contributed by atoms with Crippen molar-refractivity contribution in [2.45, 2.75) is 66.2 Å². The maximum absolute atomic E-state index is 11.9. The maximum atomic E-state index is 11.9. The number of rotatable bonds is 13. The molecule has 0 aromatic rings. The van der Waals surface area contributed by atoms with Gasteiger partial charge in [-0.25, -0.2) is 13.1 Å². The van der Waals surface area contributed by atoms with E-state index >= 15 is 0 Å². The summed E-state index contributed by atoms with van der Waals surface area (Å²) >= 11 is 0. The normalized spacial score (nSPS) is 12.8. The van der Waals surface area contributed by atoms with Crippen molar-refractivity contribution >= 4 is 10.0 Å². The zero-order valence-corrected chi connectivity index (χ0v) is 14.6. The van der Waals surface area contributed by atoms with Crippen LogP contribution >= 0.6 is 0 Å². The first kappa shape index (κ1) is 19.9. The number of hydrogen-bond donors (Lipinski definition) is 2. The molecule has 0 heterocycles. The van der Waals surface area contributed by atoms with Gasteiger partial charge in [0.15, 0.2) is 0 Å². The number of hydrogen-bond acceptors (Lipinski definition) is 3. The minimum Gasteiger partial charge on any atom is -0.317 e. The Balaban J connectivity index is 3.89. The van der Waals surface area contributed by atoms with Crippen molar-refractivity contribution in [1.29, 1.82) is 0 Å². The van der Waals surface area contributed by atoms with Gasteiger partial charge in [0.25, 0.3) is 0 Å². The summed E-state index contributed by atoms with van der Waals surface area (Å²) in [5.41, 5.74) is 0.0476. The molecule has 122 valence electrons. The Hall–Kier alpha value is -0.130. The smallest absolute Gasteiger partial charge is 0.211 e. The summed E-state index contributed by atoms with van der Waals surface area (Å²) < 4.78 is 26.6. The molecule has 0 radical (unpaired) electrons. The zero-order valence-electron chi connectivity index (χ0n) is 13.8. The molecule has 0 unspecified atom stereocenters. The van der Waals surface area contributed by atoms with Crippen molar-refractivity contribution in [1.82, 2.24) is 10.0 Å². The molecule has 0 spiro atoms. The summed E-state index contributed by atoms with van der Waals surface area (Å²) in [6, 6.07) is 0. The molecule has 0 amide bonds. The van der Waals surface area contributed by atoms with E-state index in [1.54, 1.807) is 0 Å². The van der Waals surface area contributed by atoms with Crippen molar-refractivity contribution in [3.8, 4) is 0 Å². The van der Waals surface area contributed by atoms with Gasteiger partial charge in [0.05, 0.1) is 5.75 Å². The summed E-state index contributed by atoms with van der Waals surface area (Å²) in [5.74, 6) is 0.240. The third-order valence-corrected chi connectivity index (χ3v) is 4.90. The van der Waals surface area contributed by atoms with Gasteiger partial charge in [0.2, 0.25) is 10.0 Å². The van der Waals surface area contributed by atoms with Gasteiger partial charge in [0, 0.05) is 6.54 Å². The average Bonchev–Trinajstić information content (AvgIpc) is 2.37. The molecule has 0 atom stereocenters. The van der Waals surface area contributed by atoms with Crippen LogP contribution in [0.5, 0.6) is 0 Å². The van der Waals surface area contributed by atoms with Crippen LogP contribution in [0.25, 0.3) is 0 Å². The van der Waals surface area contributed by atoms with Crippen LogP contribution in [0.1, 0.15) is 66.2 Å². The van der Waals surface area contributed by atoms with Crippen molar-refractivity contribution in [3.63, 3.8) is 0 Å². The van der Waals surface area contributed by atoms with Gasteiger partial charge < -0.3 is 5.32 Å². The van der Waals surface area contributed by atoms with Gasteiger partial charge in [-0.15, -0.1) is 0 Å². The number of sulfonamides is 1. The summed E-state index contributed by atoms with van der Waals surface area (Å²) in [6.45, 7) is 10.9. The summed E-state index contributed by atoms with van der Waals surface area (Å²) in [6.07, 6.45) is 6.30. The third-order valence-electron chi connectivity index (χ3n) is 3.49. The summed E-state index contributed by atoms with van der Waals surface area (Å²) in [5, 5.41) is 3.20. The van der Waals surface area contributed by atoms with Gasteiger partial charge in [-0.1, -0.05) is 47.0 Å². The Morgan fingerprint density at radius 3 is 2.30 bits per heavy atom. The number of unbranched alkanes of at least 4 members (excludes halogenated alkanes) is 3. The highest BCUT2D eigenvalue weighted by molar-refractivity contribution is 7.89. The van der Waals surface area contributed by atoms with E-state index in [0.717, 1.165) is 32.4 Å². The lowest BCUT2D eigenvalue weighted by molar-refractivity contribution is 0.320. The zero-order chi connectivity index (χ0) is 15.5. The molecule has 5 heteroatoms. The fourth-order valence-corrected chi connectivity index (χ4v) is 3.38. The SMILES string of the molecule is CCCCCC(C)(C)CNS(=O)(=O)CCCCNCC. The van der Waals surface area contributed by atoms with E-state index in [2.05, 4.69) is 37.7 Å². The standard InChI is InChI=1S/C15H34N2O2S/c1-5-7-8-11-15(3,4)14-17-20(18,19)13-10-9-12-16-6-2/h16-17H,5-14H2,1-4H3. The van der Waals surface area contributed by atoms with Crippen LogP contribution in [0.15, 0.2) is 0 Å². The van der Waals surface area contributed by atoms with E-state index in [-0.39, 0.29) is 11.2 Å². The molecule has 0 aromatic heterocycles. The van der Waals surface area contributed by atoms with Crippen LogP contribution in [0.3, 0.4) is 0 Å². The molecule has 0 fully saturated rings. The quantitative estimate of drug-likeness (QED) is 0.514. The van der Waals surface area contributed by atoms with E-state index in [4.69, 9.17) is 0 Å². The Morgan fingerprint density at radius 2 is 1.70 bits per heavy atom. The monoisotopic (exact) mass is 306 g/mol. The fourth-order valence-electron chi connectivity index (χ4n) is 2.04. The fraction of sp³-hybridized carbons (Fsp3) is 1.00. The molecule has 0 aromatic carbocycles. The highest BCUT2D eigenvalue weighted by atomic mass is 32.2. The van der Waals surface area contributed by atoms with Crippen LogP contribution in [0.2, 0.25) is 0 Å². The van der Waals surface area contributed by atoms with Crippen molar-refractivity contribution in [2.24, 2.45) is 5.41 Å². The first-order chi connectivity index (χ1) is 9.33. The Kier molecular flexibility index (Phi) is 10.5. The number of nitrogens with one attached hydrogen (secondary N) is 2. The minimum absolute atomic E-state index is 0.0476. The summed E-state index contributed by atoms with van der Waals surface area (Å²) in [7, 11) is -3.11. The lowest BCUT2D eigenvalue weighted by atomic mass is 9.87. The topological polar surface area (TPSA) is 58.2 Å². The molecule has 0 saturated carbocycles. The third kappa shape index (κ3) is 11.7. The van der Waals surface area contributed by atoms with Gasteiger partial charge in [-0.2, -0.15) is 0 Å². The first-order valence-electron chi connectivity index (χ1n) is 8.01. The van der Waals surface area contributed by atoms with Crippen LogP contribution in [0, 0.1) is 5.41 Å². The second kappa shape index (κ2) is 10.6. The van der Waals surface area contributed by atoms with Crippen LogP contribution in [0.4, 0.5) is 0 Å². The molecule has 0 bridgehead atoms. The molecule has 0 saturated heterocycles. The lowest BCUT2D eigenvalue weighted by Crippen LogP contribution is -2.35. The predicted octanol–water partition coefficient (Wildman–Crippen LogP) is 2.90.